The first-order valence-corrected chi connectivity index (χ1v) is 4.75. The molecule has 17 heavy (non-hydrogen) atoms. The fraction of sp³-hybridized carbons (Fsp3) is 0.500. The van der Waals surface area contributed by atoms with Crippen LogP contribution in [0, 0.1) is 0 Å². The average molecular weight is 248 g/mol. The van der Waals surface area contributed by atoms with Crippen molar-refractivity contribution in [1.82, 2.24) is 0 Å². The summed E-state index contributed by atoms with van der Waals surface area (Å²) in [5.74, 6) is 0. The molecule has 0 aromatic carbocycles. The van der Waals surface area contributed by atoms with Crippen LogP contribution < -0.4 is 0 Å². The summed E-state index contributed by atoms with van der Waals surface area (Å²) in [6.45, 7) is -1.83. The summed E-state index contributed by atoms with van der Waals surface area (Å²) < 4.78 is 4.58. The lowest BCUT2D eigenvalue weighted by Crippen LogP contribution is -2.54. The normalized spacial score (nSPS) is 17.2. The van der Waals surface area contributed by atoms with Gasteiger partial charge >= 0.3 is 0 Å². The lowest BCUT2D eigenvalue weighted by Gasteiger charge is -2.27. The Kier molecular flexibility index (Phi) is 7.35. The number of rotatable bonds is 5. The molecule has 5 N–H and O–H groups in total. The number of aldehydes is 1. The number of carbonyl (C=O) groups is 1. The van der Waals surface area contributed by atoms with Crippen LogP contribution >= 0.6 is 0 Å². The molecule has 1 aromatic heterocycles. The molecule has 3 atom stereocenters. The first kappa shape index (κ1) is 15.8. The zero-order valence-electron chi connectivity index (χ0n) is 9.01. The quantitative estimate of drug-likeness (QED) is 0.377. The molecule has 98 valence electrons. The second-order valence-electron chi connectivity index (χ2n) is 3.26. The minimum atomic E-state index is -2.41. The van der Waals surface area contributed by atoms with E-state index in [0.717, 1.165) is 0 Å². The van der Waals surface area contributed by atoms with E-state index in [1.54, 1.807) is 12.5 Å². The standard InChI is InChI=1S/C6H12O6.C4H4O/c7-1-4(10)5(11)6(12,2-8)3-9;1-2-4-5-3-1/h2,4-5,7,9-12H,1,3H2;1-4H. The van der Waals surface area contributed by atoms with Crippen molar-refractivity contribution in [2.75, 3.05) is 13.2 Å². The molecule has 0 fully saturated rings. The summed E-state index contributed by atoms with van der Waals surface area (Å²) in [6.07, 6.45) is -0.395. The molecule has 1 rings (SSSR count). The highest BCUT2D eigenvalue weighted by Crippen LogP contribution is 2.10. The van der Waals surface area contributed by atoms with Crippen molar-refractivity contribution in [1.29, 1.82) is 0 Å². The predicted octanol–water partition coefficient (Wildman–Crippen LogP) is -2.10. The second-order valence-corrected chi connectivity index (χ2v) is 3.26. The van der Waals surface area contributed by atoms with Crippen molar-refractivity contribution in [3.8, 4) is 0 Å². The van der Waals surface area contributed by atoms with Gasteiger partial charge < -0.3 is 29.9 Å². The van der Waals surface area contributed by atoms with Crippen molar-refractivity contribution in [3.63, 3.8) is 0 Å². The molecule has 1 heterocycles. The molecule has 0 saturated carbocycles. The SMILES string of the molecule is O=CC(O)(CO)C(O)C(O)CO.c1ccoc1. The van der Waals surface area contributed by atoms with Gasteiger partial charge in [0.25, 0.3) is 0 Å². The molecule has 0 aliphatic rings. The molecule has 1 aromatic rings. The Bertz CT molecular complexity index is 270. The third kappa shape index (κ3) is 5.07. The summed E-state index contributed by atoms with van der Waals surface area (Å²) in [7, 11) is 0. The van der Waals surface area contributed by atoms with Gasteiger partial charge in [0.15, 0.2) is 11.9 Å². The maximum Gasteiger partial charge on any atom is 0.171 e. The highest BCUT2D eigenvalue weighted by Gasteiger charge is 2.39. The Morgan fingerprint density at radius 3 is 2.00 bits per heavy atom. The van der Waals surface area contributed by atoms with Crippen LogP contribution in [0.2, 0.25) is 0 Å². The zero-order chi connectivity index (χ0) is 13.3. The molecule has 0 radical (unpaired) electrons. The van der Waals surface area contributed by atoms with Crippen LogP contribution in [0.3, 0.4) is 0 Å². The van der Waals surface area contributed by atoms with E-state index in [0.29, 0.717) is 0 Å². The number of aliphatic hydroxyl groups excluding tert-OH is 4. The first-order chi connectivity index (χ1) is 8.01. The van der Waals surface area contributed by atoms with Crippen molar-refractivity contribution < 1.29 is 34.7 Å². The number of carbonyl (C=O) groups excluding carboxylic acids is 1. The third-order valence-electron chi connectivity index (χ3n) is 1.95. The van der Waals surface area contributed by atoms with Gasteiger partial charge in [-0.2, -0.15) is 0 Å². The van der Waals surface area contributed by atoms with Crippen molar-refractivity contribution in [2.24, 2.45) is 0 Å². The van der Waals surface area contributed by atoms with Crippen LogP contribution in [0.5, 0.6) is 0 Å². The maximum absolute atomic E-state index is 10.2. The van der Waals surface area contributed by atoms with Crippen molar-refractivity contribution >= 4 is 6.29 Å². The second kappa shape index (κ2) is 7.93. The van der Waals surface area contributed by atoms with Gasteiger partial charge in [0.05, 0.1) is 25.7 Å². The molecule has 7 heteroatoms. The Morgan fingerprint density at radius 1 is 1.24 bits per heavy atom. The maximum atomic E-state index is 10.2. The number of aliphatic hydroxyl groups is 5. The van der Waals surface area contributed by atoms with Gasteiger partial charge in [-0.1, -0.05) is 0 Å². The van der Waals surface area contributed by atoms with E-state index in [1.165, 1.54) is 0 Å². The van der Waals surface area contributed by atoms with Gasteiger partial charge in [0, 0.05) is 0 Å². The van der Waals surface area contributed by atoms with Gasteiger partial charge in [0.2, 0.25) is 0 Å². The monoisotopic (exact) mass is 248 g/mol. The molecule has 0 bridgehead atoms. The molecular formula is C10H16O7. The zero-order valence-corrected chi connectivity index (χ0v) is 9.01. The van der Waals surface area contributed by atoms with Gasteiger partial charge in [-0.15, -0.1) is 0 Å². The van der Waals surface area contributed by atoms with E-state index >= 15 is 0 Å². The van der Waals surface area contributed by atoms with Crippen molar-refractivity contribution in [3.05, 3.63) is 24.7 Å². The Hall–Kier alpha value is -1.25. The van der Waals surface area contributed by atoms with Crippen molar-refractivity contribution in [2.45, 2.75) is 17.8 Å². The Labute approximate surface area is 97.6 Å². The largest absolute Gasteiger partial charge is 0.473 e. The third-order valence-corrected chi connectivity index (χ3v) is 1.95. The average Bonchev–Trinajstić information content (AvgIpc) is 2.95. The van der Waals surface area contributed by atoms with Crippen LogP contribution in [0.1, 0.15) is 0 Å². The molecular weight excluding hydrogens is 232 g/mol. The van der Waals surface area contributed by atoms with E-state index < -0.39 is 31.0 Å². The fourth-order valence-corrected chi connectivity index (χ4v) is 0.860. The van der Waals surface area contributed by atoms with E-state index in [9.17, 15) is 4.79 Å². The van der Waals surface area contributed by atoms with Crippen LogP contribution in [0.4, 0.5) is 0 Å². The van der Waals surface area contributed by atoms with Crippen LogP contribution in [-0.2, 0) is 4.79 Å². The first-order valence-electron chi connectivity index (χ1n) is 4.75. The van der Waals surface area contributed by atoms with E-state index in [-0.39, 0.29) is 6.29 Å². The lowest BCUT2D eigenvalue weighted by molar-refractivity contribution is -0.162. The Morgan fingerprint density at radius 2 is 1.76 bits per heavy atom. The smallest absolute Gasteiger partial charge is 0.171 e. The topological polar surface area (TPSA) is 131 Å². The summed E-state index contributed by atoms with van der Waals surface area (Å²) >= 11 is 0. The molecule has 0 spiro atoms. The highest BCUT2D eigenvalue weighted by atomic mass is 16.4. The Balaban J connectivity index is 0.000000419. The van der Waals surface area contributed by atoms with E-state index in [2.05, 4.69) is 4.42 Å². The minimum absolute atomic E-state index is 0.0868. The summed E-state index contributed by atoms with van der Waals surface area (Å²) in [4.78, 5) is 10.2. The number of hydrogen-bond donors (Lipinski definition) is 5. The molecule has 3 unspecified atom stereocenters. The molecule has 7 nitrogen and oxygen atoms in total. The molecule has 0 saturated heterocycles. The predicted molar refractivity (Wildman–Crippen MR) is 55.9 cm³/mol. The van der Waals surface area contributed by atoms with Gasteiger partial charge in [-0.05, 0) is 12.1 Å². The van der Waals surface area contributed by atoms with Crippen LogP contribution in [0.25, 0.3) is 0 Å². The summed E-state index contributed by atoms with van der Waals surface area (Å²) in [5.41, 5.74) is -2.41. The van der Waals surface area contributed by atoms with Crippen LogP contribution in [0.15, 0.2) is 29.1 Å². The molecule has 0 aliphatic carbocycles. The number of hydrogen-bond acceptors (Lipinski definition) is 7. The summed E-state index contributed by atoms with van der Waals surface area (Å²) in [5, 5.41) is 43.6. The highest BCUT2D eigenvalue weighted by molar-refractivity contribution is 5.63. The van der Waals surface area contributed by atoms with E-state index in [4.69, 9.17) is 25.5 Å². The van der Waals surface area contributed by atoms with Crippen LogP contribution in [-0.4, -0.2) is 62.8 Å². The van der Waals surface area contributed by atoms with Gasteiger partial charge in [0.1, 0.15) is 12.2 Å². The van der Waals surface area contributed by atoms with E-state index in [1.807, 2.05) is 12.1 Å². The lowest BCUT2D eigenvalue weighted by atomic mass is 9.95. The molecule has 0 aliphatic heterocycles. The molecule has 0 amide bonds. The van der Waals surface area contributed by atoms with Gasteiger partial charge in [-0.3, -0.25) is 4.79 Å². The fourth-order valence-electron chi connectivity index (χ4n) is 0.860. The number of furan rings is 1. The summed E-state index contributed by atoms with van der Waals surface area (Å²) in [6, 6.07) is 3.67. The van der Waals surface area contributed by atoms with Gasteiger partial charge in [-0.25, -0.2) is 0 Å². The minimum Gasteiger partial charge on any atom is -0.473 e.